The van der Waals surface area contributed by atoms with Gasteiger partial charge in [-0.25, -0.2) is 9.98 Å². The number of fused-ring (bicyclic) bond motifs is 1. The Hall–Kier alpha value is -2.63. The topological polar surface area (TPSA) is 64.9 Å². The third-order valence-electron chi connectivity index (χ3n) is 5.15. The molecule has 0 saturated carbocycles. The monoisotopic (exact) mass is 350 g/mol. The van der Waals surface area contributed by atoms with Crippen molar-refractivity contribution in [3.8, 4) is 0 Å². The second-order valence-corrected chi connectivity index (χ2v) is 6.88. The number of aliphatic imine (C=N–C) groups is 2. The predicted octanol–water partition coefficient (Wildman–Crippen LogP) is 2.18. The number of rotatable bonds is 4. The largest absolute Gasteiger partial charge is 0.364 e. The van der Waals surface area contributed by atoms with Crippen molar-refractivity contribution < 1.29 is 0 Å². The Balaban J connectivity index is 1.52. The number of nitrogens with one attached hydrogen (secondary N) is 2. The summed E-state index contributed by atoms with van der Waals surface area (Å²) in [6, 6.07) is 4.79. The van der Waals surface area contributed by atoms with Crippen molar-refractivity contribution in [2.75, 3.05) is 18.0 Å². The smallest absolute Gasteiger partial charge is 0.176 e. The number of piperidine rings is 1. The molecule has 0 radical (unpaired) electrons. The maximum atomic E-state index is 4.86. The lowest BCUT2D eigenvalue weighted by Crippen LogP contribution is -2.53. The number of hydrogen-bond donors (Lipinski definition) is 2. The van der Waals surface area contributed by atoms with Gasteiger partial charge in [-0.3, -0.25) is 4.99 Å². The minimum Gasteiger partial charge on any atom is -0.364 e. The van der Waals surface area contributed by atoms with Gasteiger partial charge in [-0.15, -0.1) is 0 Å². The molecule has 1 aromatic heterocycles. The molecular weight excluding hydrogens is 324 g/mol. The Bertz CT molecular complexity index is 769. The van der Waals surface area contributed by atoms with Crippen molar-refractivity contribution >= 4 is 17.9 Å². The van der Waals surface area contributed by atoms with Crippen molar-refractivity contribution in [2.24, 2.45) is 9.98 Å². The molecular formula is C20H26N6. The molecule has 3 aliphatic rings. The van der Waals surface area contributed by atoms with Crippen LogP contribution in [0.5, 0.6) is 0 Å². The number of pyridine rings is 1. The number of aryl methyl sites for hydroxylation is 2. The highest BCUT2D eigenvalue weighted by molar-refractivity contribution is 5.91. The Labute approximate surface area is 154 Å². The van der Waals surface area contributed by atoms with Crippen LogP contribution in [0.15, 0.2) is 46.2 Å². The minimum atomic E-state index is -0.106. The number of nitrogens with zero attached hydrogens (tertiary/aromatic N) is 4. The fraction of sp³-hybridized carbons (Fsp3) is 0.450. The van der Waals surface area contributed by atoms with Crippen molar-refractivity contribution in [1.29, 1.82) is 0 Å². The first-order valence-corrected chi connectivity index (χ1v) is 9.49. The van der Waals surface area contributed by atoms with Crippen LogP contribution in [0.25, 0.3) is 0 Å². The first-order valence-electron chi connectivity index (χ1n) is 9.49. The Morgan fingerprint density at radius 1 is 1.23 bits per heavy atom. The molecule has 3 aliphatic heterocycles. The number of allylic oxidation sites excluding steroid dienone is 1. The molecule has 4 rings (SSSR count). The predicted molar refractivity (Wildman–Crippen MR) is 107 cm³/mol. The van der Waals surface area contributed by atoms with Gasteiger partial charge in [-0.05, 0) is 48.6 Å². The second kappa shape index (κ2) is 7.32. The molecule has 1 saturated heterocycles. The van der Waals surface area contributed by atoms with Crippen LogP contribution in [-0.4, -0.2) is 42.3 Å². The van der Waals surface area contributed by atoms with Gasteiger partial charge < -0.3 is 15.5 Å². The molecule has 4 heterocycles. The summed E-state index contributed by atoms with van der Waals surface area (Å²) >= 11 is 0. The third-order valence-corrected chi connectivity index (χ3v) is 5.15. The van der Waals surface area contributed by atoms with E-state index in [4.69, 9.17) is 4.98 Å². The molecule has 2 N–H and O–H groups in total. The van der Waals surface area contributed by atoms with E-state index in [2.05, 4.69) is 51.5 Å². The first-order chi connectivity index (χ1) is 12.8. The molecule has 2 atom stereocenters. The van der Waals surface area contributed by atoms with E-state index >= 15 is 0 Å². The van der Waals surface area contributed by atoms with E-state index in [1.54, 1.807) is 0 Å². The number of hydrogen-bond acceptors (Lipinski definition) is 6. The Morgan fingerprint density at radius 3 is 2.92 bits per heavy atom. The summed E-state index contributed by atoms with van der Waals surface area (Å²) in [6.45, 7) is 6.23. The average molecular weight is 350 g/mol. The minimum absolute atomic E-state index is 0.106. The van der Waals surface area contributed by atoms with Gasteiger partial charge in [0.15, 0.2) is 6.17 Å². The van der Waals surface area contributed by atoms with E-state index in [1.165, 1.54) is 16.8 Å². The van der Waals surface area contributed by atoms with Gasteiger partial charge in [0.1, 0.15) is 11.7 Å². The third kappa shape index (κ3) is 3.36. The maximum Gasteiger partial charge on any atom is 0.176 e. The van der Waals surface area contributed by atoms with Crippen LogP contribution >= 0.6 is 0 Å². The molecule has 1 aromatic rings. The lowest BCUT2D eigenvalue weighted by molar-refractivity contribution is 0.537. The SMILES string of the molecule is CCc1cc(CC)nc(N2CCC3NC(C4N=CC=CN4)=NC=C3C2)c1. The highest BCUT2D eigenvalue weighted by Gasteiger charge is 2.29. The van der Waals surface area contributed by atoms with E-state index in [-0.39, 0.29) is 6.17 Å². The molecule has 6 nitrogen and oxygen atoms in total. The number of amidine groups is 1. The van der Waals surface area contributed by atoms with E-state index in [0.717, 1.165) is 44.0 Å². The van der Waals surface area contributed by atoms with Crippen LogP contribution in [0.4, 0.5) is 5.82 Å². The lowest BCUT2D eigenvalue weighted by Gasteiger charge is -2.38. The molecule has 1 fully saturated rings. The van der Waals surface area contributed by atoms with Crippen molar-refractivity contribution in [3.05, 3.63) is 47.4 Å². The van der Waals surface area contributed by atoms with Gasteiger partial charge >= 0.3 is 0 Å². The summed E-state index contributed by atoms with van der Waals surface area (Å²) in [5.74, 6) is 1.99. The fourth-order valence-corrected chi connectivity index (χ4v) is 3.59. The van der Waals surface area contributed by atoms with Crippen molar-refractivity contribution in [2.45, 2.75) is 45.3 Å². The van der Waals surface area contributed by atoms with Crippen LogP contribution in [0.2, 0.25) is 0 Å². The standard InChI is InChI=1S/C20H26N6/c1-3-14-10-16(4-2)24-18(11-14)26-9-6-17-15(13-26)12-23-20(25-17)19-21-7-5-8-22-19/h5,7-8,10-12,17,19,21H,3-4,6,9,13H2,1-2H3,(H,23,25). The highest BCUT2D eigenvalue weighted by Crippen LogP contribution is 2.25. The summed E-state index contributed by atoms with van der Waals surface area (Å²) in [7, 11) is 0. The van der Waals surface area contributed by atoms with Crippen LogP contribution in [0, 0.1) is 0 Å². The molecule has 26 heavy (non-hydrogen) atoms. The number of anilines is 1. The van der Waals surface area contributed by atoms with Gasteiger partial charge in [0.25, 0.3) is 0 Å². The lowest BCUT2D eigenvalue weighted by atomic mass is 9.97. The van der Waals surface area contributed by atoms with Crippen molar-refractivity contribution in [3.63, 3.8) is 0 Å². The van der Waals surface area contributed by atoms with Gasteiger partial charge in [0.2, 0.25) is 0 Å². The zero-order chi connectivity index (χ0) is 17.9. The Kier molecular flexibility index (Phi) is 4.73. The summed E-state index contributed by atoms with van der Waals surface area (Å²) < 4.78 is 0. The van der Waals surface area contributed by atoms with Crippen LogP contribution < -0.4 is 15.5 Å². The van der Waals surface area contributed by atoms with Crippen LogP contribution in [0.1, 0.15) is 31.5 Å². The second-order valence-electron chi connectivity index (χ2n) is 6.88. The van der Waals surface area contributed by atoms with Crippen LogP contribution in [-0.2, 0) is 12.8 Å². The molecule has 6 heteroatoms. The van der Waals surface area contributed by atoms with Gasteiger partial charge in [-0.1, -0.05) is 13.8 Å². The number of aromatic nitrogens is 1. The van der Waals surface area contributed by atoms with E-state index in [1.807, 2.05) is 24.7 Å². The first kappa shape index (κ1) is 16.8. The van der Waals surface area contributed by atoms with Gasteiger partial charge in [0.05, 0.1) is 6.04 Å². The quantitative estimate of drug-likeness (QED) is 0.874. The maximum absolute atomic E-state index is 4.86. The van der Waals surface area contributed by atoms with Gasteiger partial charge in [0, 0.05) is 37.4 Å². The summed E-state index contributed by atoms with van der Waals surface area (Å²) in [5, 5.41) is 6.79. The highest BCUT2D eigenvalue weighted by atomic mass is 15.2. The van der Waals surface area contributed by atoms with E-state index in [9.17, 15) is 0 Å². The molecule has 136 valence electrons. The summed E-state index contributed by atoms with van der Waals surface area (Å²) in [5.41, 5.74) is 3.85. The van der Waals surface area contributed by atoms with Gasteiger partial charge in [-0.2, -0.15) is 0 Å². The Morgan fingerprint density at radius 2 is 2.15 bits per heavy atom. The molecule has 0 amide bonds. The summed E-state index contributed by atoms with van der Waals surface area (Å²) in [6.07, 6.45) is 10.6. The zero-order valence-corrected chi connectivity index (χ0v) is 15.4. The molecule has 2 unspecified atom stereocenters. The molecule has 0 aromatic carbocycles. The average Bonchev–Trinajstić information content (AvgIpc) is 2.73. The molecule has 0 bridgehead atoms. The fourth-order valence-electron chi connectivity index (χ4n) is 3.59. The molecule has 0 spiro atoms. The normalized spacial score (nSPS) is 24.3. The van der Waals surface area contributed by atoms with Crippen molar-refractivity contribution in [1.82, 2.24) is 15.6 Å². The zero-order valence-electron chi connectivity index (χ0n) is 15.4. The summed E-state index contributed by atoms with van der Waals surface area (Å²) in [4.78, 5) is 16.3. The van der Waals surface area contributed by atoms with E-state index < -0.39 is 0 Å². The van der Waals surface area contributed by atoms with Crippen LogP contribution in [0.3, 0.4) is 0 Å². The molecule has 0 aliphatic carbocycles. The van der Waals surface area contributed by atoms with E-state index in [0.29, 0.717) is 6.04 Å².